The van der Waals surface area contributed by atoms with Crippen LogP contribution in [-0.2, 0) is 14.2 Å². The number of hydrogen-bond acceptors (Lipinski definition) is 4. The molecular formula is C19H39NO4. The summed E-state index contributed by atoms with van der Waals surface area (Å²) in [5.74, 6) is 0. The Kier molecular flexibility index (Phi) is 19.6. The Labute approximate surface area is 148 Å². The van der Waals surface area contributed by atoms with E-state index in [9.17, 15) is 4.79 Å². The Morgan fingerprint density at radius 2 is 1.25 bits per heavy atom. The maximum atomic E-state index is 11.4. The van der Waals surface area contributed by atoms with E-state index in [-0.39, 0.29) is 12.7 Å². The molecular weight excluding hydrogens is 306 g/mol. The van der Waals surface area contributed by atoms with Gasteiger partial charge in [-0.25, -0.2) is 4.79 Å². The van der Waals surface area contributed by atoms with Crippen molar-refractivity contribution in [1.29, 1.82) is 0 Å². The molecule has 1 amide bonds. The molecule has 0 heterocycles. The third-order valence-electron chi connectivity index (χ3n) is 3.84. The van der Waals surface area contributed by atoms with Crippen LogP contribution in [0.5, 0.6) is 0 Å². The Balaban J connectivity index is 3.12. The van der Waals surface area contributed by atoms with E-state index in [2.05, 4.69) is 12.2 Å². The van der Waals surface area contributed by atoms with Crippen LogP contribution in [0.25, 0.3) is 0 Å². The number of unbranched alkanes of at least 4 members (excludes halogenated alkanes) is 9. The Morgan fingerprint density at radius 1 is 0.708 bits per heavy atom. The Morgan fingerprint density at radius 3 is 1.88 bits per heavy atom. The second-order valence-corrected chi connectivity index (χ2v) is 6.05. The first-order valence-corrected chi connectivity index (χ1v) is 9.87. The number of ether oxygens (including phenoxy) is 3. The minimum Gasteiger partial charge on any atom is -0.447 e. The predicted octanol–water partition coefficient (Wildman–Crippen LogP) is 4.69. The zero-order valence-electron chi connectivity index (χ0n) is 15.9. The van der Waals surface area contributed by atoms with Gasteiger partial charge in [-0.1, -0.05) is 64.7 Å². The SMILES string of the molecule is CCCCCCCCCCCCNC(=O)OCCOCCOCC. The number of carbonyl (C=O) groups excluding carboxylic acids is 1. The molecule has 0 saturated heterocycles. The molecule has 0 aliphatic rings. The molecule has 0 spiro atoms. The largest absolute Gasteiger partial charge is 0.447 e. The van der Waals surface area contributed by atoms with E-state index < -0.39 is 0 Å². The van der Waals surface area contributed by atoms with Gasteiger partial charge in [-0.3, -0.25) is 0 Å². The smallest absolute Gasteiger partial charge is 0.407 e. The van der Waals surface area contributed by atoms with Gasteiger partial charge in [-0.05, 0) is 13.3 Å². The molecule has 0 aromatic rings. The van der Waals surface area contributed by atoms with Crippen molar-refractivity contribution >= 4 is 6.09 Å². The van der Waals surface area contributed by atoms with Crippen LogP contribution in [0.1, 0.15) is 78.1 Å². The number of carbonyl (C=O) groups is 1. The van der Waals surface area contributed by atoms with Crippen LogP contribution in [0.15, 0.2) is 0 Å². The average molecular weight is 346 g/mol. The van der Waals surface area contributed by atoms with Crippen LogP contribution >= 0.6 is 0 Å². The van der Waals surface area contributed by atoms with Gasteiger partial charge in [0.05, 0.1) is 19.8 Å². The summed E-state index contributed by atoms with van der Waals surface area (Å²) in [6, 6.07) is 0. The van der Waals surface area contributed by atoms with E-state index in [0.29, 0.717) is 33.0 Å². The van der Waals surface area contributed by atoms with Gasteiger partial charge in [0.15, 0.2) is 0 Å². The highest BCUT2D eigenvalue weighted by Gasteiger charge is 2.00. The lowest BCUT2D eigenvalue weighted by molar-refractivity contribution is 0.0314. The lowest BCUT2D eigenvalue weighted by Crippen LogP contribution is -2.26. The molecule has 5 heteroatoms. The first-order chi connectivity index (χ1) is 11.8. The van der Waals surface area contributed by atoms with Crippen LogP contribution in [0.4, 0.5) is 4.79 Å². The Hall–Kier alpha value is -0.810. The van der Waals surface area contributed by atoms with Gasteiger partial charge >= 0.3 is 6.09 Å². The normalized spacial score (nSPS) is 10.8. The summed E-state index contributed by atoms with van der Waals surface area (Å²) >= 11 is 0. The van der Waals surface area contributed by atoms with E-state index in [1.165, 1.54) is 57.8 Å². The quantitative estimate of drug-likeness (QED) is 0.366. The second kappa shape index (κ2) is 20.2. The van der Waals surface area contributed by atoms with Gasteiger partial charge in [0, 0.05) is 13.2 Å². The summed E-state index contributed by atoms with van der Waals surface area (Å²) in [4.78, 5) is 11.4. The number of rotatable bonds is 18. The average Bonchev–Trinajstić information content (AvgIpc) is 2.59. The highest BCUT2D eigenvalue weighted by molar-refractivity contribution is 5.66. The minimum absolute atomic E-state index is 0.288. The number of hydrogen-bond donors (Lipinski definition) is 1. The minimum atomic E-state index is -0.348. The van der Waals surface area contributed by atoms with Crippen molar-refractivity contribution in [2.24, 2.45) is 0 Å². The second-order valence-electron chi connectivity index (χ2n) is 6.05. The van der Waals surface area contributed by atoms with Crippen molar-refractivity contribution < 1.29 is 19.0 Å². The first kappa shape index (κ1) is 23.2. The molecule has 0 aromatic carbocycles. The lowest BCUT2D eigenvalue weighted by Gasteiger charge is -2.08. The highest BCUT2D eigenvalue weighted by Crippen LogP contribution is 2.10. The number of nitrogens with one attached hydrogen (secondary N) is 1. The monoisotopic (exact) mass is 345 g/mol. The van der Waals surface area contributed by atoms with E-state index in [1.807, 2.05) is 6.92 Å². The summed E-state index contributed by atoms with van der Waals surface area (Å²) in [7, 11) is 0. The van der Waals surface area contributed by atoms with Crippen molar-refractivity contribution in [2.45, 2.75) is 78.1 Å². The molecule has 0 atom stereocenters. The zero-order valence-corrected chi connectivity index (χ0v) is 15.9. The van der Waals surface area contributed by atoms with Crippen LogP contribution in [0.3, 0.4) is 0 Å². The van der Waals surface area contributed by atoms with Gasteiger partial charge in [0.25, 0.3) is 0 Å². The third-order valence-corrected chi connectivity index (χ3v) is 3.84. The van der Waals surface area contributed by atoms with Crippen LogP contribution < -0.4 is 5.32 Å². The van der Waals surface area contributed by atoms with Gasteiger partial charge in [-0.2, -0.15) is 0 Å². The lowest BCUT2D eigenvalue weighted by atomic mass is 10.1. The van der Waals surface area contributed by atoms with E-state index in [4.69, 9.17) is 14.2 Å². The molecule has 24 heavy (non-hydrogen) atoms. The van der Waals surface area contributed by atoms with Gasteiger partial charge in [-0.15, -0.1) is 0 Å². The first-order valence-electron chi connectivity index (χ1n) is 9.87. The fourth-order valence-corrected chi connectivity index (χ4v) is 2.41. The van der Waals surface area contributed by atoms with Crippen molar-refractivity contribution in [1.82, 2.24) is 5.32 Å². The molecule has 0 unspecified atom stereocenters. The van der Waals surface area contributed by atoms with Gasteiger partial charge < -0.3 is 19.5 Å². The van der Waals surface area contributed by atoms with Crippen LogP contribution in [0.2, 0.25) is 0 Å². The van der Waals surface area contributed by atoms with Crippen LogP contribution in [0, 0.1) is 0 Å². The molecule has 0 aromatic heterocycles. The molecule has 5 nitrogen and oxygen atoms in total. The van der Waals surface area contributed by atoms with Crippen molar-refractivity contribution in [3.8, 4) is 0 Å². The predicted molar refractivity (Wildman–Crippen MR) is 98.5 cm³/mol. The van der Waals surface area contributed by atoms with Crippen molar-refractivity contribution in [3.63, 3.8) is 0 Å². The topological polar surface area (TPSA) is 56.8 Å². The molecule has 0 saturated carbocycles. The fourth-order valence-electron chi connectivity index (χ4n) is 2.41. The standard InChI is InChI=1S/C19H39NO4/c1-3-5-6-7-8-9-10-11-12-13-14-20-19(21)24-18-17-23-16-15-22-4-2/h3-18H2,1-2H3,(H,20,21). The molecule has 0 aliphatic carbocycles. The van der Waals surface area contributed by atoms with Gasteiger partial charge in [0.2, 0.25) is 0 Å². The summed E-state index contributed by atoms with van der Waals surface area (Å²) in [6.45, 7) is 7.42. The summed E-state index contributed by atoms with van der Waals surface area (Å²) < 4.78 is 15.4. The van der Waals surface area contributed by atoms with E-state index >= 15 is 0 Å². The van der Waals surface area contributed by atoms with Crippen LogP contribution in [-0.4, -0.2) is 45.7 Å². The molecule has 0 aliphatic heterocycles. The maximum Gasteiger partial charge on any atom is 0.407 e. The number of alkyl carbamates (subject to hydrolysis) is 1. The Bertz CT molecular complexity index is 262. The molecule has 0 rings (SSSR count). The van der Waals surface area contributed by atoms with Gasteiger partial charge in [0.1, 0.15) is 6.61 Å². The maximum absolute atomic E-state index is 11.4. The molecule has 0 radical (unpaired) electrons. The summed E-state index contributed by atoms with van der Waals surface area (Å²) in [5.41, 5.74) is 0. The fraction of sp³-hybridized carbons (Fsp3) is 0.947. The van der Waals surface area contributed by atoms with Crippen molar-refractivity contribution in [3.05, 3.63) is 0 Å². The van der Waals surface area contributed by atoms with E-state index in [1.54, 1.807) is 0 Å². The molecule has 144 valence electrons. The molecule has 0 fully saturated rings. The number of amides is 1. The molecule has 0 bridgehead atoms. The summed E-state index contributed by atoms with van der Waals surface area (Å²) in [5, 5.41) is 2.78. The molecule has 1 N–H and O–H groups in total. The van der Waals surface area contributed by atoms with Crippen molar-refractivity contribution in [2.75, 3.05) is 39.6 Å². The highest BCUT2D eigenvalue weighted by atomic mass is 16.6. The van der Waals surface area contributed by atoms with E-state index in [0.717, 1.165) is 6.42 Å². The summed E-state index contributed by atoms with van der Waals surface area (Å²) in [6.07, 6.45) is 12.6. The third kappa shape index (κ3) is 19.2. The zero-order chi connectivity index (χ0) is 17.7.